The molecule has 1 aromatic rings. The minimum absolute atomic E-state index is 0.181. The molecule has 2 N–H and O–H groups in total. The van der Waals surface area contributed by atoms with E-state index < -0.39 is 12.1 Å². The summed E-state index contributed by atoms with van der Waals surface area (Å²) in [6, 6.07) is 4.92. The first kappa shape index (κ1) is 13.5. The van der Waals surface area contributed by atoms with Gasteiger partial charge in [0.2, 0.25) is 0 Å². The third-order valence-corrected chi connectivity index (χ3v) is 2.58. The second-order valence-electron chi connectivity index (χ2n) is 4.95. The van der Waals surface area contributed by atoms with E-state index in [0.717, 1.165) is 5.56 Å². The van der Waals surface area contributed by atoms with Crippen molar-refractivity contribution in [2.75, 3.05) is 7.11 Å². The first-order valence-corrected chi connectivity index (χ1v) is 5.36. The van der Waals surface area contributed by atoms with Crippen molar-refractivity contribution in [3.63, 3.8) is 0 Å². The quantitative estimate of drug-likeness (QED) is 0.846. The van der Waals surface area contributed by atoms with Crippen LogP contribution in [-0.4, -0.2) is 23.3 Å². The molecule has 1 atom stereocenters. The lowest BCUT2D eigenvalue weighted by molar-refractivity contribution is -0.146. The van der Waals surface area contributed by atoms with E-state index in [1.165, 1.54) is 0 Å². The zero-order chi connectivity index (χ0) is 13.2. The highest BCUT2D eigenvalue weighted by Crippen LogP contribution is 2.33. The van der Waals surface area contributed by atoms with Crippen LogP contribution in [0, 0.1) is 0 Å². The van der Waals surface area contributed by atoms with Crippen molar-refractivity contribution in [2.24, 2.45) is 0 Å². The molecule has 0 aliphatic rings. The van der Waals surface area contributed by atoms with E-state index in [4.69, 9.17) is 9.84 Å². The van der Waals surface area contributed by atoms with Gasteiger partial charge in [0.15, 0.2) is 6.10 Å². The molecule has 1 rings (SSSR count). The first-order valence-electron chi connectivity index (χ1n) is 5.36. The Morgan fingerprint density at radius 2 is 1.94 bits per heavy atom. The molecular weight excluding hydrogens is 220 g/mol. The fraction of sp³-hybridized carbons (Fsp3) is 0.462. The normalized spacial score (nSPS) is 13.2. The van der Waals surface area contributed by atoms with Gasteiger partial charge in [-0.25, -0.2) is 4.79 Å². The van der Waals surface area contributed by atoms with Crippen molar-refractivity contribution in [1.29, 1.82) is 0 Å². The zero-order valence-electron chi connectivity index (χ0n) is 10.5. The first-order chi connectivity index (χ1) is 7.77. The summed E-state index contributed by atoms with van der Waals surface area (Å²) in [4.78, 5) is 10.7. The third kappa shape index (κ3) is 2.97. The molecule has 0 fully saturated rings. The van der Waals surface area contributed by atoms with Crippen LogP contribution in [0.3, 0.4) is 0 Å². The van der Waals surface area contributed by atoms with Gasteiger partial charge in [-0.1, -0.05) is 26.8 Å². The van der Waals surface area contributed by atoms with Gasteiger partial charge in [-0.05, 0) is 28.7 Å². The van der Waals surface area contributed by atoms with Gasteiger partial charge in [0.1, 0.15) is 5.75 Å². The Hall–Kier alpha value is -1.55. The Balaban J connectivity index is 3.27. The van der Waals surface area contributed by atoms with Crippen LogP contribution in [0.4, 0.5) is 0 Å². The highest BCUT2D eigenvalue weighted by molar-refractivity contribution is 5.74. The van der Waals surface area contributed by atoms with E-state index in [9.17, 15) is 9.90 Å². The number of carboxylic acids is 1. The van der Waals surface area contributed by atoms with E-state index in [0.29, 0.717) is 11.3 Å². The molecule has 4 heteroatoms. The second kappa shape index (κ2) is 4.75. The average Bonchev–Trinajstić information content (AvgIpc) is 2.25. The van der Waals surface area contributed by atoms with Crippen molar-refractivity contribution < 1.29 is 19.7 Å². The van der Waals surface area contributed by atoms with Gasteiger partial charge in [0.05, 0.1) is 7.11 Å². The van der Waals surface area contributed by atoms with Crippen LogP contribution in [0.1, 0.15) is 38.0 Å². The number of aliphatic carboxylic acids is 1. The summed E-state index contributed by atoms with van der Waals surface area (Å²) in [5, 5.41) is 18.3. The standard InChI is InChI=1S/C13H18O4/c1-13(2,3)9-7-8(11(14)12(15)16)5-6-10(9)17-4/h5-7,11,14H,1-4H3,(H,15,16). The number of aliphatic hydroxyl groups excluding tert-OH is 1. The summed E-state index contributed by atoms with van der Waals surface area (Å²) in [5.74, 6) is -0.561. The Bertz CT molecular complexity index is 418. The average molecular weight is 238 g/mol. The maximum absolute atomic E-state index is 10.7. The van der Waals surface area contributed by atoms with Crippen molar-refractivity contribution in [3.05, 3.63) is 29.3 Å². The van der Waals surface area contributed by atoms with Crippen LogP contribution in [0.25, 0.3) is 0 Å². The molecule has 0 radical (unpaired) electrons. The number of hydrogen-bond acceptors (Lipinski definition) is 3. The summed E-state index contributed by atoms with van der Waals surface area (Å²) in [6.45, 7) is 6.01. The predicted molar refractivity (Wildman–Crippen MR) is 64.3 cm³/mol. The van der Waals surface area contributed by atoms with E-state index >= 15 is 0 Å². The Kier molecular flexibility index (Phi) is 3.78. The molecule has 94 valence electrons. The molecule has 0 amide bonds. The van der Waals surface area contributed by atoms with Crippen LogP contribution in [0.2, 0.25) is 0 Å². The van der Waals surface area contributed by atoms with Crippen molar-refractivity contribution >= 4 is 5.97 Å². The van der Waals surface area contributed by atoms with Crippen LogP contribution in [0.15, 0.2) is 18.2 Å². The maximum Gasteiger partial charge on any atom is 0.337 e. The topological polar surface area (TPSA) is 66.8 Å². The van der Waals surface area contributed by atoms with Gasteiger partial charge in [-0.3, -0.25) is 0 Å². The number of carbonyl (C=O) groups is 1. The van der Waals surface area contributed by atoms with Crippen molar-refractivity contribution in [3.8, 4) is 5.75 Å². The summed E-state index contributed by atoms with van der Waals surface area (Å²) >= 11 is 0. The van der Waals surface area contributed by atoms with Crippen molar-refractivity contribution in [2.45, 2.75) is 32.3 Å². The zero-order valence-corrected chi connectivity index (χ0v) is 10.5. The third-order valence-electron chi connectivity index (χ3n) is 2.58. The van der Waals surface area contributed by atoms with E-state index in [-0.39, 0.29) is 5.41 Å². The van der Waals surface area contributed by atoms with Gasteiger partial charge in [0, 0.05) is 0 Å². The number of hydrogen-bond donors (Lipinski definition) is 2. The molecule has 0 saturated heterocycles. The molecule has 0 heterocycles. The van der Waals surface area contributed by atoms with Gasteiger partial charge in [-0.2, -0.15) is 0 Å². The van der Waals surface area contributed by atoms with Crippen LogP contribution >= 0.6 is 0 Å². The van der Waals surface area contributed by atoms with Gasteiger partial charge in [0.25, 0.3) is 0 Å². The van der Waals surface area contributed by atoms with Crippen molar-refractivity contribution in [1.82, 2.24) is 0 Å². The summed E-state index contributed by atoms with van der Waals surface area (Å²) in [6.07, 6.45) is -1.50. The number of carboxylic acid groups (broad SMARTS) is 1. The number of aliphatic hydroxyl groups is 1. The second-order valence-corrected chi connectivity index (χ2v) is 4.95. The van der Waals surface area contributed by atoms with Gasteiger partial charge < -0.3 is 14.9 Å². The fourth-order valence-electron chi connectivity index (χ4n) is 1.62. The molecule has 0 spiro atoms. The smallest absolute Gasteiger partial charge is 0.337 e. The monoisotopic (exact) mass is 238 g/mol. The van der Waals surface area contributed by atoms with E-state index in [1.54, 1.807) is 25.3 Å². The predicted octanol–water partition coefficient (Wildman–Crippen LogP) is 2.11. The van der Waals surface area contributed by atoms with Crippen LogP contribution in [0.5, 0.6) is 5.75 Å². The molecule has 0 saturated carbocycles. The fourth-order valence-corrected chi connectivity index (χ4v) is 1.62. The summed E-state index contributed by atoms with van der Waals surface area (Å²) in [5.41, 5.74) is 1.06. The molecule has 1 unspecified atom stereocenters. The summed E-state index contributed by atoms with van der Waals surface area (Å²) < 4.78 is 5.24. The molecule has 1 aromatic carbocycles. The van der Waals surface area contributed by atoms with Gasteiger partial charge >= 0.3 is 5.97 Å². The number of methoxy groups -OCH3 is 1. The molecule has 0 aliphatic carbocycles. The summed E-state index contributed by atoms with van der Waals surface area (Å²) in [7, 11) is 1.57. The Labute approximate surface area is 101 Å². The number of benzene rings is 1. The Morgan fingerprint density at radius 1 is 1.35 bits per heavy atom. The lowest BCUT2D eigenvalue weighted by Crippen LogP contribution is -2.16. The van der Waals surface area contributed by atoms with Crippen LogP contribution in [-0.2, 0) is 10.2 Å². The number of ether oxygens (including phenoxy) is 1. The maximum atomic E-state index is 10.7. The minimum Gasteiger partial charge on any atom is -0.496 e. The van der Waals surface area contributed by atoms with Gasteiger partial charge in [-0.15, -0.1) is 0 Å². The van der Waals surface area contributed by atoms with E-state index in [2.05, 4.69) is 0 Å². The molecule has 0 bridgehead atoms. The lowest BCUT2D eigenvalue weighted by Gasteiger charge is -2.23. The highest BCUT2D eigenvalue weighted by Gasteiger charge is 2.23. The molecule has 17 heavy (non-hydrogen) atoms. The highest BCUT2D eigenvalue weighted by atomic mass is 16.5. The minimum atomic E-state index is -1.50. The molecule has 0 aromatic heterocycles. The van der Waals surface area contributed by atoms with Crippen LogP contribution < -0.4 is 4.74 Å². The molecule has 0 aliphatic heterocycles. The Morgan fingerprint density at radius 3 is 2.35 bits per heavy atom. The SMILES string of the molecule is COc1ccc(C(O)C(=O)O)cc1C(C)(C)C. The molecular formula is C13H18O4. The van der Waals surface area contributed by atoms with E-state index in [1.807, 2.05) is 20.8 Å². The largest absolute Gasteiger partial charge is 0.496 e. The number of rotatable bonds is 3. The molecule has 4 nitrogen and oxygen atoms in total. The lowest BCUT2D eigenvalue weighted by atomic mass is 9.85.